The van der Waals surface area contributed by atoms with Crippen LogP contribution in [0.5, 0.6) is 0 Å². The van der Waals surface area contributed by atoms with Gasteiger partial charge < -0.3 is 18.5 Å². The molecule has 0 bridgehead atoms. The second kappa shape index (κ2) is 12.7. The molecule has 0 spiro atoms. The van der Waals surface area contributed by atoms with Crippen molar-refractivity contribution < 1.29 is 4.42 Å². The lowest BCUT2D eigenvalue weighted by Gasteiger charge is -2.33. The van der Waals surface area contributed by atoms with E-state index in [2.05, 4.69) is 197 Å². The Morgan fingerprint density at radius 1 is 0.431 bits per heavy atom. The minimum atomic E-state index is -0.346. The van der Waals surface area contributed by atoms with Gasteiger partial charge in [0.15, 0.2) is 5.76 Å². The van der Waals surface area contributed by atoms with E-state index in [-0.39, 0.29) is 6.29 Å². The summed E-state index contributed by atoms with van der Waals surface area (Å²) in [6.07, 6.45) is -0.346. The Balaban J connectivity index is 1.00. The van der Waals surface area contributed by atoms with Crippen molar-refractivity contribution in [3.05, 3.63) is 205 Å². The Labute approximate surface area is 335 Å². The maximum Gasteiger partial charge on any atom is 0.204 e. The van der Waals surface area contributed by atoms with Crippen molar-refractivity contribution in [1.29, 1.82) is 0 Å². The predicted molar refractivity (Wildman–Crippen MR) is 240 cm³/mol. The number of furan rings is 1. The number of hydrogen-bond donors (Lipinski definition) is 0. The molecule has 58 heavy (non-hydrogen) atoms. The molecule has 5 heteroatoms. The summed E-state index contributed by atoms with van der Waals surface area (Å²) in [6.45, 7) is 0. The number of hydrogen-bond acceptors (Lipinski definition) is 3. The van der Waals surface area contributed by atoms with Gasteiger partial charge in [-0.2, -0.15) is 0 Å². The Kier molecular flexibility index (Phi) is 7.14. The molecule has 11 aromatic rings. The molecule has 8 aromatic carbocycles. The van der Waals surface area contributed by atoms with Gasteiger partial charge in [-0.15, -0.1) is 0 Å². The molecule has 0 aliphatic carbocycles. The van der Waals surface area contributed by atoms with Crippen LogP contribution in [-0.2, 0) is 0 Å². The summed E-state index contributed by atoms with van der Waals surface area (Å²) < 4.78 is 11.3. The lowest BCUT2D eigenvalue weighted by Crippen LogP contribution is -2.33. The Hall–Kier alpha value is -7.63. The third-order valence-corrected chi connectivity index (χ3v) is 12.0. The van der Waals surface area contributed by atoms with Crippen LogP contribution in [0.3, 0.4) is 0 Å². The van der Waals surface area contributed by atoms with Crippen LogP contribution in [0.25, 0.3) is 82.5 Å². The molecule has 1 aliphatic heterocycles. The standard InChI is InChI=1S/C53H36N4O/c1-55-51-42-20-10-13-23-49(42)58-52(51)50(36-16-6-3-7-17-36)54-53(55)57-46-22-12-9-19-41(46)44-33-38(27-31-48(44)57)37-26-30-47-43(32-37)40-18-8-11-21-45(40)56(47)39-28-24-35(25-29-39)34-14-4-2-5-15-34/h2-33,53H,1H3. The molecule has 274 valence electrons. The highest BCUT2D eigenvalue weighted by Crippen LogP contribution is 2.45. The summed E-state index contributed by atoms with van der Waals surface area (Å²) in [7, 11) is 2.13. The van der Waals surface area contributed by atoms with Gasteiger partial charge in [0.05, 0.1) is 27.8 Å². The number of benzene rings is 8. The van der Waals surface area contributed by atoms with E-state index in [0.29, 0.717) is 0 Å². The van der Waals surface area contributed by atoms with E-state index < -0.39 is 0 Å². The van der Waals surface area contributed by atoms with Crippen molar-refractivity contribution in [2.75, 3.05) is 11.9 Å². The van der Waals surface area contributed by atoms with Crippen LogP contribution in [0.4, 0.5) is 5.69 Å². The van der Waals surface area contributed by atoms with E-state index in [4.69, 9.17) is 9.41 Å². The third kappa shape index (κ3) is 4.86. The lowest BCUT2D eigenvalue weighted by atomic mass is 10.0. The zero-order valence-electron chi connectivity index (χ0n) is 31.7. The first-order valence-corrected chi connectivity index (χ1v) is 19.8. The molecule has 1 unspecified atom stereocenters. The van der Waals surface area contributed by atoms with E-state index in [1.807, 2.05) is 18.2 Å². The highest BCUT2D eigenvalue weighted by atomic mass is 16.3. The smallest absolute Gasteiger partial charge is 0.204 e. The average molecular weight is 745 g/mol. The highest BCUT2D eigenvalue weighted by molar-refractivity contribution is 6.19. The largest absolute Gasteiger partial charge is 0.452 e. The van der Waals surface area contributed by atoms with Gasteiger partial charge >= 0.3 is 0 Å². The Bertz CT molecular complexity index is 3410. The summed E-state index contributed by atoms with van der Waals surface area (Å²) >= 11 is 0. The van der Waals surface area contributed by atoms with Gasteiger partial charge in [0.1, 0.15) is 11.3 Å². The summed E-state index contributed by atoms with van der Waals surface area (Å²) in [4.78, 5) is 7.78. The van der Waals surface area contributed by atoms with E-state index in [9.17, 15) is 0 Å². The first-order chi connectivity index (χ1) is 28.7. The van der Waals surface area contributed by atoms with Gasteiger partial charge in [-0.05, 0) is 82.9 Å². The first-order valence-electron chi connectivity index (χ1n) is 19.8. The van der Waals surface area contributed by atoms with Gasteiger partial charge in [-0.3, -0.25) is 0 Å². The average Bonchev–Trinajstić information content (AvgIpc) is 3.95. The fourth-order valence-electron chi connectivity index (χ4n) is 9.25. The number of fused-ring (bicyclic) bond motifs is 9. The van der Waals surface area contributed by atoms with E-state index in [1.165, 1.54) is 54.8 Å². The van der Waals surface area contributed by atoms with Crippen LogP contribution in [0, 0.1) is 0 Å². The van der Waals surface area contributed by atoms with Gasteiger partial charge in [0, 0.05) is 45.2 Å². The molecule has 1 aliphatic rings. The molecule has 0 saturated heterocycles. The predicted octanol–water partition coefficient (Wildman–Crippen LogP) is 13.4. The van der Waals surface area contributed by atoms with Crippen molar-refractivity contribution in [2.45, 2.75) is 6.29 Å². The monoisotopic (exact) mass is 744 g/mol. The fourth-order valence-corrected chi connectivity index (χ4v) is 9.25. The molecule has 0 fully saturated rings. The maximum absolute atomic E-state index is 6.56. The van der Waals surface area contributed by atoms with Crippen LogP contribution < -0.4 is 4.90 Å². The Morgan fingerprint density at radius 3 is 1.66 bits per heavy atom. The van der Waals surface area contributed by atoms with Crippen molar-refractivity contribution in [1.82, 2.24) is 9.13 Å². The number of anilines is 1. The number of aromatic nitrogens is 2. The molecule has 4 heterocycles. The quantitative estimate of drug-likeness (QED) is 0.176. The van der Waals surface area contributed by atoms with Crippen LogP contribution in [0.2, 0.25) is 0 Å². The van der Waals surface area contributed by atoms with Crippen molar-refractivity contribution in [3.8, 4) is 27.9 Å². The normalized spacial score (nSPS) is 14.2. The van der Waals surface area contributed by atoms with Crippen molar-refractivity contribution in [3.63, 3.8) is 0 Å². The number of aliphatic imine (C=N–C) groups is 1. The maximum atomic E-state index is 6.56. The molecular weight excluding hydrogens is 709 g/mol. The van der Waals surface area contributed by atoms with E-state index >= 15 is 0 Å². The Morgan fingerprint density at radius 2 is 0.931 bits per heavy atom. The minimum absolute atomic E-state index is 0.346. The number of para-hydroxylation sites is 3. The molecule has 0 amide bonds. The molecule has 1 atom stereocenters. The van der Waals surface area contributed by atoms with Crippen LogP contribution in [0.15, 0.2) is 204 Å². The first kappa shape index (κ1) is 32.6. The molecule has 0 radical (unpaired) electrons. The lowest BCUT2D eigenvalue weighted by molar-refractivity contribution is 0.523. The molecular formula is C53H36N4O. The van der Waals surface area contributed by atoms with Gasteiger partial charge in [0.25, 0.3) is 0 Å². The fraction of sp³-hybridized carbons (Fsp3) is 0.0377. The minimum Gasteiger partial charge on any atom is -0.452 e. The second-order valence-electron chi connectivity index (χ2n) is 15.2. The van der Waals surface area contributed by atoms with Crippen LogP contribution in [-0.4, -0.2) is 21.9 Å². The molecule has 3 aromatic heterocycles. The zero-order chi connectivity index (χ0) is 38.3. The highest BCUT2D eigenvalue weighted by Gasteiger charge is 2.34. The molecule has 0 N–H and O–H groups in total. The van der Waals surface area contributed by atoms with Crippen LogP contribution in [0.1, 0.15) is 17.6 Å². The zero-order valence-corrected chi connectivity index (χ0v) is 31.7. The van der Waals surface area contributed by atoms with Crippen molar-refractivity contribution >= 4 is 66.0 Å². The SMILES string of the molecule is CN1c2c(oc3ccccc23)C(c2ccccc2)=NC1n1c2ccccc2c2cc(-c3ccc4c(c3)c3ccccc3n4-c3ccc(-c4ccccc4)cc3)ccc21. The van der Waals surface area contributed by atoms with Gasteiger partial charge in [-0.25, -0.2) is 4.99 Å². The number of nitrogens with zero attached hydrogens (tertiary/aromatic N) is 4. The van der Waals surface area contributed by atoms with Crippen molar-refractivity contribution in [2.24, 2.45) is 4.99 Å². The number of rotatable bonds is 5. The second-order valence-corrected chi connectivity index (χ2v) is 15.2. The van der Waals surface area contributed by atoms with Gasteiger partial charge in [0.2, 0.25) is 6.29 Å². The molecule has 12 rings (SSSR count). The topological polar surface area (TPSA) is 38.6 Å². The summed E-state index contributed by atoms with van der Waals surface area (Å²) in [5.41, 5.74) is 14.4. The van der Waals surface area contributed by atoms with Crippen LogP contribution >= 0.6 is 0 Å². The van der Waals surface area contributed by atoms with E-state index in [0.717, 1.165) is 50.4 Å². The van der Waals surface area contributed by atoms with Gasteiger partial charge in [-0.1, -0.05) is 133 Å². The third-order valence-electron chi connectivity index (χ3n) is 12.0. The molecule has 5 nitrogen and oxygen atoms in total. The summed E-state index contributed by atoms with van der Waals surface area (Å²) in [5, 5.41) is 5.95. The molecule has 0 saturated carbocycles. The van der Waals surface area contributed by atoms with E-state index in [1.54, 1.807) is 0 Å². The summed E-state index contributed by atoms with van der Waals surface area (Å²) in [6, 6.07) is 69.5. The summed E-state index contributed by atoms with van der Waals surface area (Å²) in [5.74, 6) is 0.801.